The number of hydrogen-bond donors (Lipinski definition) is 2. The zero-order chi connectivity index (χ0) is 14.7. The average Bonchev–Trinajstić information content (AvgIpc) is 2.40. The Morgan fingerprint density at radius 2 is 2.05 bits per heavy atom. The summed E-state index contributed by atoms with van der Waals surface area (Å²) in [6, 6.07) is 8.80. The van der Waals surface area contributed by atoms with Crippen LogP contribution in [-0.4, -0.2) is 18.1 Å². The van der Waals surface area contributed by atoms with Gasteiger partial charge >= 0.3 is 0 Å². The number of aromatic hydroxyl groups is 1. The zero-order valence-corrected chi connectivity index (χ0v) is 11.1. The minimum absolute atomic E-state index is 0.000424. The number of anilines is 1. The third kappa shape index (κ3) is 2.71. The number of rotatable bonds is 3. The standard InChI is InChI=1S/C15H14FNO3/c1-9-4-3-5-11(16)14(9)15(19)17-10-6-7-12(18)13(8-10)20-2/h3-8,18H,1-2H3,(H,17,19). The predicted molar refractivity (Wildman–Crippen MR) is 73.7 cm³/mol. The van der Waals surface area contributed by atoms with E-state index in [4.69, 9.17) is 4.74 Å². The molecule has 0 spiro atoms. The maximum atomic E-state index is 13.7. The molecular weight excluding hydrogens is 261 g/mol. The van der Waals surface area contributed by atoms with Gasteiger partial charge < -0.3 is 15.2 Å². The summed E-state index contributed by atoms with van der Waals surface area (Å²) in [7, 11) is 1.40. The Morgan fingerprint density at radius 1 is 1.30 bits per heavy atom. The average molecular weight is 275 g/mol. The van der Waals surface area contributed by atoms with Crippen LogP contribution in [0.1, 0.15) is 15.9 Å². The van der Waals surface area contributed by atoms with Gasteiger partial charge in [0.1, 0.15) is 5.82 Å². The van der Waals surface area contributed by atoms with Crippen molar-refractivity contribution in [2.24, 2.45) is 0 Å². The SMILES string of the molecule is COc1cc(NC(=O)c2c(C)cccc2F)ccc1O. The van der Waals surface area contributed by atoms with Gasteiger partial charge in [-0.1, -0.05) is 12.1 Å². The van der Waals surface area contributed by atoms with Crippen LogP contribution in [0, 0.1) is 12.7 Å². The summed E-state index contributed by atoms with van der Waals surface area (Å²) in [6.45, 7) is 1.66. The van der Waals surface area contributed by atoms with Crippen molar-refractivity contribution in [3.05, 3.63) is 53.3 Å². The summed E-state index contributed by atoms with van der Waals surface area (Å²) < 4.78 is 18.6. The normalized spacial score (nSPS) is 10.2. The van der Waals surface area contributed by atoms with E-state index in [1.54, 1.807) is 19.1 Å². The molecule has 5 heteroatoms. The minimum Gasteiger partial charge on any atom is -0.504 e. The number of nitrogens with one attached hydrogen (secondary N) is 1. The second-order valence-corrected chi connectivity index (χ2v) is 4.27. The fourth-order valence-corrected chi connectivity index (χ4v) is 1.87. The molecule has 0 aliphatic carbocycles. The van der Waals surface area contributed by atoms with Crippen molar-refractivity contribution in [2.45, 2.75) is 6.92 Å². The molecule has 0 fully saturated rings. The molecule has 0 heterocycles. The number of ether oxygens (including phenoxy) is 1. The van der Waals surface area contributed by atoms with Crippen LogP contribution in [0.25, 0.3) is 0 Å². The zero-order valence-electron chi connectivity index (χ0n) is 11.1. The van der Waals surface area contributed by atoms with E-state index in [1.165, 1.54) is 31.4 Å². The Labute approximate surface area is 115 Å². The number of hydrogen-bond acceptors (Lipinski definition) is 3. The monoisotopic (exact) mass is 275 g/mol. The molecule has 0 radical (unpaired) electrons. The van der Waals surface area contributed by atoms with E-state index in [0.29, 0.717) is 11.3 Å². The van der Waals surface area contributed by atoms with Gasteiger partial charge in [-0.25, -0.2) is 4.39 Å². The van der Waals surface area contributed by atoms with Gasteiger partial charge in [-0.2, -0.15) is 0 Å². The largest absolute Gasteiger partial charge is 0.504 e. The van der Waals surface area contributed by atoms with Crippen LogP contribution in [0.15, 0.2) is 36.4 Å². The third-order valence-corrected chi connectivity index (χ3v) is 2.89. The second kappa shape index (κ2) is 5.61. The van der Waals surface area contributed by atoms with E-state index in [2.05, 4.69) is 5.32 Å². The highest BCUT2D eigenvalue weighted by Crippen LogP contribution is 2.29. The number of carbonyl (C=O) groups is 1. The maximum Gasteiger partial charge on any atom is 0.258 e. The van der Waals surface area contributed by atoms with Crippen LogP contribution >= 0.6 is 0 Å². The highest BCUT2D eigenvalue weighted by atomic mass is 19.1. The molecule has 4 nitrogen and oxygen atoms in total. The number of benzene rings is 2. The Morgan fingerprint density at radius 3 is 2.70 bits per heavy atom. The third-order valence-electron chi connectivity index (χ3n) is 2.89. The first-order chi connectivity index (χ1) is 9.52. The van der Waals surface area contributed by atoms with Crippen LogP contribution in [0.4, 0.5) is 10.1 Å². The number of phenols is 1. The molecule has 0 unspecified atom stereocenters. The number of halogens is 1. The molecule has 0 aliphatic heterocycles. The van der Waals surface area contributed by atoms with Crippen molar-refractivity contribution in [2.75, 3.05) is 12.4 Å². The highest BCUT2D eigenvalue weighted by molar-refractivity contribution is 6.05. The van der Waals surface area contributed by atoms with Crippen molar-refractivity contribution < 1.29 is 19.0 Å². The van der Waals surface area contributed by atoms with E-state index in [0.717, 1.165) is 0 Å². The molecule has 104 valence electrons. The van der Waals surface area contributed by atoms with Gasteiger partial charge in [-0.05, 0) is 30.7 Å². The summed E-state index contributed by atoms with van der Waals surface area (Å²) in [4.78, 5) is 12.1. The Balaban J connectivity index is 2.28. The van der Waals surface area contributed by atoms with Gasteiger partial charge in [-0.3, -0.25) is 4.79 Å². The van der Waals surface area contributed by atoms with Crippen LogP contribution < -0.4 is 10.1 Å². The first-order valence-corrected chi connectivity index (χ1v) is 5.96. The molecule has 0 aliphatic rings. The van der Waals surface area contributed by atoms with Crippen LogP contribution in [0.3, 0.4) is 0 Å². The first-order valence-electron chi connectivity index (χ1n) is 5.96. The number of carbonyl (C=O) groups excluding carboxylic acids is 1. The Bertz CT molecular complexity index is 635. The van der Waals surface area contributed by atoms with Crippen molar-refractivity contribution >= 4 is 11.6 Å². The van der Waals surface area contributed by atoms with Gasteiger partial charge in [0.15, 0.2) is 11.5 Å². The van der Waals surface area contributed by atoms with Crippen molar-refractivity contribution in [1.82, 2.24) is 0 Å². The molecule has 20 heavy (non-hydrogen) atoms. The second-order valence-electron chi connectivity index (χ2n) is 4.27. The summed E-state index contributed by atoms with van der Waals surface area (Å²) in [6.07, 6.45) is 0. The molecule has 2 aromatic rings. The molecule has 2 N–H and O–H groups in total. The van der Waals surface area contributed by atoms with Crippen molar-refractivity contribution in [3.8, 4) is 11.5 Å². The van der Waals surface area contributed by atoms with Gasteiger partial charge in [0, 0.05) is 11.8 Å². The molecule has 0 atom stereocenters. The molecule has 2 aromatic carbocycles. The molecule has 2 rings (SSSR count). The summed E-state index contributed by atoms with van der Waals surface area (Å²) >= 11 is 0. The lowest BCUT2D eigenvalue weighted by Gasteiger charge is -2.10. The predicted octanol–water partition coefficient (Wildman–Crippen LogP) is 3.10. The Kier molecular flexibility index (Phi) is 3.89. The van der Waals surface area contributed by atoms with Crippen molar-refractivity contribution in [3.63, 3.8) is 0 Å². The minimum atomic E-state index is -0.576. The molecular formula is C15H14FNO3. The maximum absolute atomic E-state index is 13.7. The Hall–Kier alpha value is -2.56. The van der Waals surface area contributed by atoms with E-state index >= 15 is 0 Å². The number of amides is 1. The molecule has 0 bridgehead atoms. The van der Waals surface area contributed by atoms with E-state index in [-0.39, 0.29) is 17.1 Å². The summed E-state index contributed by atoms with van der Waals surface area (Å²) in [5.41, 5.74) is 0.958. The van der Waals surface area contributed by atoms with Gasteiger partial charge in [0.05, 0.1) is 12.7 Å². The fraction of sp³-hybridized carbons (Fsp3) is 0.133. The van der Waals surface area contributed by atoms with Gasteiger partial charge in [0.25, 0.3) is 5.91 Å². The first kappa shape index (κ1) is 13.9. The lowest BCUT2D eigenvalue weighted by atomic mass is 10.1. The smallest absolute Gasteiger partial charge is 0.258 e. The number of methoxy groups -OCH3 is 1. The quantitative estimate of drug-likeness (QED) is 0.846. The summed E-state index contributed by atoms with van der Waals surface area (Å²) in [5.74, 6) is -0.929. The lowest BCUT2D eigenvalue weighted by Crippen LogP contribution is -2.15. The summed E-state index contributed by atoms with van der Waals surface area (Å²) in [5, 5.41) is 12.0. The van der Waals surface area contributed by atoms with Crippen LogP contribution in [0.5, 0.6) is 11.5 Å². The van der Waals surface area contributed by atoms with Crippen LogP contribution in [-0.2, 0) is 0 Å². The van der Waals surface area contributed by atoms with E-state index in [9.17, 15) is 14.3 Å². The highest BCUT2D eigenvalue weighted by Gasteiger charge is 2.15. The van der Waals surface area contributed by atoms with E-state index < -0.39 is 11.7 Å². The molecule has 0 saturated heterocycles. The van der Waals surface area contributed by atoms with Gasteiger partial charge in [-0.15, -0.1) is 0 Å². The topological polar surface area (TPSA) is 58.6 Å². The number of aryl methyl sites for hydroxylation is 1. The molecule has 0 saturated carbocycles. The lowest BCUT2D eigenvalue weighted by molar-refractivity contribution is 0.102. The van der Waals surface area contributed by atoms with Crippen molar-refractivity contribution in [1.29, 1.82) is 0 Å². The fourth-order valence-electron chi connectivity index (χ4n) is 1.87. The number of phenolic OH excluding ortho intramolecular Hbond substituents is 1. The van der Waals surface area contributed by atoms with Gasteiger partial charge in [0.2, 0.25) is 0 Å². The van der Waals surface area contributed by atoms with E-state index in [1.807, 2.05) is 0 Å². The van der Waals surface area contributed by atoms with Crippen LogP contribution in [0.2, 0.25) is 0 Å². The molecule has 1 amide bonds. The molecule has 0 aromatic heterocycles.